The molecule has 0 atom stereocenters. The standard InChI is InChI=1S/C18H22FN/c1-12(2)20-11-15-7-8-18(19)17(10-15)16-9-13(3)5-6-14(16)4/h5-10,12,20H,11H2,1-4H3. The number of nitrogens with one attached hydrogen (secondary N) is 1. The van der Waals surface area contributed by atoms with E-state index in [4.69, 9.17) is 0 Å². The van der Waals surface area contributed by atoms with Gasteiger partial charge in [0.05, 0.1) is 0 Å². The lowest BCUT2D eigenvalue weighted by Gasteiger charge is -2.12. The summed E-state index contributed by atoms with van der Waals surface area (Å²) in [4.78, 5) is 0. The van der Waals surface area contributed by atoms with Gasteiger partial charge in [0.25, 0.3) is 0 Å². The molecule has 0 spiro atoms. The molecule has 0 aliphatic rings. The van der Waals surface area contributed by atoms with Gasteiger partial charge in [0.1, 0.15) is 5.82 Å². The Morgan fingerprint density at radius 1 is 1.00 bits per heavy atom. The molecule has 0 radical (unpaired) electrons. The molecule has 20 heavy (non-hydrogen) atoms. The topological polar surface area (TPSA) is 12.0 Å². The van der Waals surface area contributed by atoms with Gasteiger partial charge in [-0.1, -0.05) is 43.7 Å². The van der Waals surface area contributed by atoms with Crippen LogP contribution in [0.2, 0.25) is 0 Å². The van der Waals surface area contributed by atoms with Crippen LogP contribution in [0.15, 0.2) is 36.4 Å². The van der Waals surface area contributed by atoms with E-state index in [2.05, 4.69) is 25.2 Å². The molecule has 0 fully saturated rings. The van der Waals surface area contributed by atoms with Crippen molar-refractivity contribution < 1.29 is 4.39 Å². The molecular weight excluding hydrogens is 249 g/mol. The number of halogens is 1. The molecule has 2 aromatic rings. The smallest absolute Gasteiger partial charge is 0.131 e. The number of rotatable bonds is 4. The van der Waals surface area contributed by atoms with E-state index in [0.717, 1.165) is 28.8 Å². The summed E-state index contributed by atoms with van der Waals surface area (Å²) in [6, 6.07) is 11.9. The third-order valence-electron chi connectivity index (χ3n) is 3.43. The van der Waals surface area contributed by atoms with E-state index in [1.165, 1.54) is 0 Å². The van der Waals surface area contributed by atoms with Crippen LogP contribution in [0.3, 0.4) is 0 Å². The van der Waals surface area contributed by atoms with Crippen LogP contribution in [0.5, 0.6) is 0 Å². The lowest BCUT2D eigenvalue weighted by Crippen LogP contribution is -2.21. The van der Waals surface area contributed by atoms with Crippen molar-refractivity contribution in [1.82, 2.24) is 5.32 Å². The number of hydrogen-bond donors (Lipinski definition) is 1. The fourth-order valence-corrected chi connectivity index (χ4v) is 2.24. The highest BCUT2D eigenvalue weighted by Gasteiger charge is 2.09. The summed E-state index contributed by atoms with van der Waals surface area (Å²) < 4.78 is 14.1. The first-order valence-corrected chi connectivity index (χ1v) is 7.07. The number of hydrogen-bond acceptors (Lipinski definition) is 1. The fourth-order valence-electron chi connectivity index (χ4n) is 2.24. The molecule has 1 N–H and O–H groups in total. The molecule has 0 amide bonds. The maximum atomic E-state index is 14.1. The highest BCUT2D eigenvalue weighted by atomic mass is 19.1. The Kier molecular flexibility index (Phi) is 4.56. The summed E-state index contributed by atoms with van der Waals surface area (Å²) in [7, 11) is 0. The van der Waals surface area contributed by atoms with Crippen molar-refractivity contribution in [2.24, 2.45) is 0 Å². The zero-order valence-electron chi connectivity index (χ0n) is 12.6. The molecule has 0 aromatic heterocycles. The van der Waals surface area contributed by atoms with E-state index in [1.807, 2.05) is 38.1 Å². The van der Waals surface area contributed by atoms with E-state index in [9.17, 15) is 4.39 Å². The molecule has 1 nitrogen and oxygen atoms in total. The maximum absolute atomic E-state index is 14.1. The first-order chi connectivity index (χ1) is 9.47. The molecule has 2 rings (SSSR count). The molecule has 0 unspecified atom stereocenters. The zero-order valence-corrected chi connectivity index (χ0v) is 12.6. The van der Waals surface area contributed by atoms with Crippen molar-refractivity contribution in [3.8, 4) is 11.1 Å². The zero-order chi connectivity index (χ0) is 14.7. The monoisotopic (exact) mass is 271 g/mol. The second-order valence-corrected chi connectivity index (χ2v) is 5.67. The van der Waals surface area contributed by atoms with Crippen LogP contribution in [0, 0.1) is 19.7 Å². The minimum Gasteiger partial charge on any atom is -0.310 e. The number of aryl methyl sites for hydroxylation is 2. The average molecular weight is 271 g/mol. The Balaban J connectivity index is 2.40. The molecule has 0 saturated heterocycles. The maximum Gasteiger partial charge on any atom is 0.131 e. The Labute approximate surface area is 120 Å². The predicted molar refractivity (Wildman–Crippen MR) is 83.3 cm³/mol. The molecule has 0 bridgehead atoms. The Bertz CT molecular complexity index is 602. The normalized spacial score (nSPS) is 11.1. The second-order valence-electron chi connectivity index (χ2n) is 5.67. The van der Waals surface area contributed by atoms with Gasteiger partial charge in [-0.2, -0.15) is 0 Å². The third kappa shape index (κ3) is 3.45. The van der Waals surface area contributed by atoms with Crippen molar-refractivity contribution in [3.05, 3.63) is 58.9 Å². The van der Waals surface area contributed by atoms with E-state index < -0.39 is 0 Å². The summed E-state index contributed by atoms with van der Waals surface area (Å²) >= 11 is 0. The van der Waals surface area contributed by atoms with Gasteiger partial charge in [0, 0.05) is 18.2 Å². The highest BCUT2D eigenvalue weighted by Crippen LogP contribution is 2.28. The van der Waals surface area contributed by atoms with E-state index in [-0.39, 0.29) is 5.82 Å². The van der Waals surface area contributed by atoms with E-state index in [1.54, 1.807) is 6.07 Å². The second kappa shape index (κ2) is 6.19. The van der Waals surface area contributed by atoms with E-state index >= 15 is 0 Å². The Hall–Kier alpha value is -1.67. The minimum absolute atomic E-state index is 0.160. The quantitative estimate of drug-likeness (QED) is 0.856. The van der Waals surface area contributed by atoms with Crippen LogP contribution in [0.4, 0.5) is 4.39 Å². The average Bonchev–Trinajstić information content (AvgIpc) is 2.41. The third-order valence-corrected chi connectivity index (χ3v) is 3.43. The van der Waals surface area contributed by atoms with Crippen molar-refractivity contribution in [3.63, 3.8) is 0 Å². The van der Waals surface area contributed by atoms with Crippen LogP contribution in [-0.4, -0.2) is 6.04 Å². The summed E-state index contributed by atoms with van der Waals surface area (Å²) in [6.07, 6.45) is 0. The lowest BCUT2D eigenvalue weighted by atomic mass is 9.96. The van der Waals surface area contributed by atoms with Gasteiger partial charge in [0.15, 0.2) is 0 Å². The predicted octanol–water partition coefficient (Wildman–Crippen LogP) is 4.61. The van der Waals surface area contributed by atoms with Gasteiger partial charge in [-0.3, -0.25) is 0 Å². The summed E-state index contributed by atoms with van der Waals surface area (Å²) in [5, 5.41) is 3.36. The number of benzene rings is 2. The Morgan fingerprint density at radius 3 is 2.45 bits per heavy atom. The molecule has 106 valence electrons. The molecule has 0 aliphatic heterocycles. The van der Waals surface area contributed by atoms with Crippen molar-refractivity contribution in [2.45, 2.75) is 40.3 Å². The first kappa shape index (κ1) is 14.7. The van der Waals surface area contributed by atoms with Gasteiger partial charge in [-0.25, -0.2) is 4.39 Å². The van der Waals surface area contributed by atoms with Gasteiger partial charge in [-0.05, 0) is 42.7 Å². The SMILES string of the molecule is Cc1ccc(C)c(-c2cc(CNC(C)C)ccc2F)c1. The summed E-state index contributed by atoms with van der Waals surface area (Å²) in [5.74, 6) is -0.160. The van der Waals surface area contributed by atoms with Crippen molar-refractivity contribution >= 4 is 0 Å². The van der Waals surface area contributed by atoms with Crippen LogP contribution in [0.1, 0.15) is 30.5 Å². The molecular formula is C18H22FN. The minimum atomic E-state index is -0.160. The van der Waals surface area contributed by atoms with Crippen LogP contribution in [0.25, 0.3) is 11.1 Å². The Morgan fingerprint density at radius 2 is 1.75 bits per heavy atom. The summed E-state index contributed by atoms with van der Waals surface area (Å²) in [6.45, 7) is 9.03. The van der Waals surface area contributed by atoms with Crippen molar-refractivity contribution in [1.29, 1.82) is 0 Å². The molecule has 2 aromatic carbocycles. The first-order valence-electron chi connectivity index (χ1n) is 7.07. The lowest BCUT2D eigenvalue weighted by molar-refractivity contribution is 0.586. The molecule has 0 heterocycles. The van der Waals surface area contributed by atoms with Crippen LogP contribution in [-0.2, 0) is 6.54 Å². The summed E-state index contributed by atoms with van der Waals surface area (Å²) in [5.41, 5.74) is 5.03. The van der Waals surface area contributed by atoms with Gasteiger partial charge in [-0.15, -0.1) is 0 Å². The molecule has 2 heteroatoms. The van der Waals surface area contributed by atoms with Crippen LogP contribution >= 0.6 is 0 Å². The molecule has 0 saturated carbocycles. The molecule has 0 aliphatic carbocycles. The van der Waals surface area contributed by atoms with Gasteiger partial charge < -0.3 is 5.32 Å². The van der Waals surface area contributed by atoms with Gasteiger partial charge in [0.2, 0.25) is 0 Å². The largest absolute Gasteiger partial charge is 0.310 e. The van der Waals surface area contributed by atoms with Gasteiger partial charge >= 0.3 is 0 Å². The van der Waals surface area contributed by atoms with E-state index in [0.29, 0.717) is 11.6 Å². The van der Waals surface area contributed by atoms with Crippen molar-refractivity contribution in [2.75, 3.05) is 0 Å². The fraction of sp³-hybridized carbons (Fsp3) is 0.333. The highest BCUT2D eigenvalue weighted by molar-refractivity contribution is 5.69. The van der Waals surface area contributed by atoms with Crippen LogP contribution < -0.4 is 5.32 Å².